The van der Waals surface area contributed by atoms with Crippen LogP contribution in [0.15, 0.2) is 45.7 Å². The van der Waals surface area contributed by atoms with E-state index in [2.05, 4.69) is 27.9 Å². The summed E-state index contributed by atoms with van der Waals surface area (Å²) in [5.41, 5.74) is 2.64. The third kappa shape index (κ3) is 4.01. The molecule has 0 aliphatic carbocycles. The van der Waals surface area contributed by atoms with Gasteiger partial charge >= 0.3 is 0 Å². The molecule has 0 aromatic carbocycles. The molecule has 1 aliphatic rings. The van der Waals surface area contributed by atoms with Crippen molar-refractivity contribution in [2.45, 2.75) is 39.2 Å². The lowest BCUT2D eigenvalue weighted by atomic mass is 9.93. The second-order valence-corrected chi connectivity index (χ2v) is 7.24. The van der Waals surface area contributed by atoms with Crippen molar-refractivity contribution in [3.05, 3.63) is 69.7 Å². The van der Waals surface area contributed by atoms with Crippen LogP contribution in [0.2, 0.25) is 0 Å². The summed E-state index contributed by atoms with van der Waals surface area (Å²) in [5, 5.41) is 0. The van der Waals surface area contributed by atoms with Crippen LogP contribution in [-0.2, 0) is 6.54 Å². The number of H-pyrrole nitrogens is 1. The molecule has 0 amide bonds. The smallest absolute Gasteiger partial charge is 0.251 e. The molecule has 0 bridgehead atoms. The number of hydrogen-bond donors (Lipinski definition) is 1. The third-order valence-corrected chi connectivity index (χ3v) is 5.27. The van der Waals surface area contributed by atoms with Crippen molar-refractivity contribution < 1.29 is 4.42 Å². The van der Waals surface area contributed by atoms with Crippen LogP contribution in [0.4, 0.5) is 0 Å². The zero-order chi connectivity index (χ0) is 18.8. The van der Waals surface area contributed by atoms with Gasteiger partial charge in [0.25, 0.3) is 5.56 Å². The normalized spacial score (nSPS) is 15.9. The zero-order valence-electron chi connectivity index (χ0n) is 15.7. The summed E-state index contributed by atoms with van der Waals surface area (Å²) in [7, 11) is 0. The van der Waals surface area contributed by atoms with Gasteiger partial charge in [-0.3, -0.25) is 14.7 Å². The van der Waals surface area contributed by atoms with Crippen molar-refractivity contribution in [2.24, 2.45) is 0 Å². The molecule has 1 aliphatic heterocycles. The fourth-order valence-electron chi connectivity index (χ4n) is 3.64. The average molecular weight is 364 g/mol. The number of aryl methyl sites for hydroxylation is 2. The highest BCUT2D eigenvalue weighted by molar-refractivity contribution is 5.48. The Hall–Kier alpha value is -2.73. The Morgan fingerprint density at radius 1 is 1.22 bits per heavy atom. The SMILES string of the molecule is Cc1cc(CN2CCC(c3cc(=O)[nH]c(-c4ccccn4)n3)CC2)oc1C. The predicted octanol–water partition coefficient (Wildman–Crippen LogP) is 3.42. The summed E-state index contributed by atoms with van der Waals surface area (Å²) in [4.78, 5) is 26.3. The highest BCUT2D eigenvalue weighted by Crippen LogP contribution is 2.28. The minimum absolute atomic E-state index is 0.121. The van der Waals surface area contributed by atoms with E-state index in [0.29, 0.717) is 17.4 Å². The number of nitrogens with zero attached hydrogens (tertiary/aromatic N) is 3. The van der Waals surface area contributed by atoms with Gasteiger partial charge in [-0.2, -0.15) is 0 Å². The summed E-state index contributed by atoms with van der Waals surface area (Å²) in [6.45, 7) is 6.85. The van der Waals surface area contributed by atoms with Crippen molar-refractivity contribution in [3.8, 4) is 11.5 Å². The first-order valence-corrected chi connectivity index (χ1v) is 9.39. The van der Waals surface area contributed by atoms with Crippen molar-refractivity contribution in [1.29, 1.82) is 0 Å². The third-order valence-electron chi connectivity index (χ3n) is 5.27. The van der Waals surface area contributed by atoms with E-state index >= 15 is 0 Å². The van der Waals surface area contributed by atoms with Crippen LogP contribution in [0.3, 0.4) is 0 Å². The minimum atomic E-state index is -0.121. The van der Waals surface area contributed by atoms with E-state index in [1.807, 2.05) is 25.1 Å². The summed E-state index contributed by atoms with van der Waals surface area (Å²) in [6, 6.07) is 9.36. The van der Waals surface area contributed by atoms with Gasteiger partial charge in [0, 0.05) is 18.2 Å². The van der Waals surface area contributed by atoms with Gasteiger partial charge in [-0.25, -0.2) is 4.98 Å². The van der Waals surface area contributed by atoms with Crippen molar-refractivity contribution in [3.63, 3.8) is 0 Å². The molecule has 4 heterocycles. The Labute approximate surface area is 158 Å². The van der Waals surface area contributed by atoms with E-state index in [0.717, 1.165) is 49.7 Å². The molecular weight excluding hydrogens is 340 g/mol. The van der Waals surface area contributed by atoms with E-state index in [4.69, 9.17) is 9.40 Å². The number of rotatable bonds is 4. The van der Waals surface area contributed by atoms with Crippen LogP contribution < -0.4 is 5.56 Å². The highest BCUT2D eigenvalue weighted by atomic mass is 16.3. The quantitative estimate of drug-likeness (QED) is 0.768. The molecule has 0 atom stereocenters. The predicted molar refractivity (Wildman–Crippen MR) is 104 cm³/mol. The highest BCUT2D eigenvalue weighted by Gasteiger charge is 2.23. The van der Waals surface area contributed by atoms with Gasteiger partial charge in [0.2, 0.25) is 0 Å². The molecule has 3 aromatic rings. The topological polar surface area (TPSA) is 75.0 Å². The number of aromatic amines is 1. The van der Waals surface area contributed by atoms with Crippen molar-refractivity contribution in [1.82, 2.24) is 19.9 Å². The van der Waals surface area contributed by atoms with Crippen LogP contribution in [-0.4, -0.2) is 32.9 Å². The first-order valence-electron chi connectivity index (χ1n) is 9.39. The summed E-state index contributed by atoms with van der Waals surface area (Å²) >= 11 is 0. The molecule has 3 aromatic heterocycles. The van der Waals surface area contributed by atoms with E-state index in [1.54, 1.807) is 12.3 Å². The Balaban J connectivity index is 1.45. The van der Waals surface area contributed by atoms with Gasteiger partial charge in [0.05, 0.1) is 12.2 Å². The van der Waals surface area contributed by atoms with Gasteiger partial charge in [-0.1, -0.05) is 6.07 Å². The number of likely N-dealkylation sites (tertiary alicyclic amines) is 1. The lowest BCUT2D eigenvalue weighted by molar-refractivity contribution is 0.189. The first kappa shape index (κ1) is 17.7. The molecule has 27 heavy (non-hydrogen) atoms. The molecule has 1 N–H and O–H groups in total. The lowest BCUT2D eigenvalue weighted by Crippen LogP contribution is -2.33. The van der Waals surface area contributed by atoms with Gasteiger partial charge in [-0.15, -0.1) is 0 Å². The van der Waals surface area contributed by atoms with E-state index in [1.165, 1.54) is 5.56 Å². The lowest BCUT2D eigenvalue weighted by Gasteiger charge is -2.31. The number of pyridine rings is 1. The number of nitrogens with one attached hydrogen (secondary N) is 1. The summed E-state index contributed by atoms with van der Waals surface area (Å²) in [5.74, 6) is 2.86. The molecule has 1 fully saturated rings. The number of aromatic nitrogens is 3. The second-order valence-electron chi connectivity index (χ2n) is 7.24. The van der Waals surface area contributed by atoms with Crippen LogP contribution in [0.5, 0.6) is 0 Å². The largest absolute Gasteiger partial charge is 0.465 e. The maximum atomic E-state index is 12.1. The molecule has 140 valence electrons. The van der Waals surface area contributed by atoms with Crippen LogP contribution >= 0.6 is 0 Å². The monoisotopic (exact) mass is 364 g/mol. The Bertz CT molecular complexity index is 950. The first-order chi connectivity index (χ1) is 13.1. The summed E-state index contributed by atoms with van der Waals surface area (Å²) < 4.78 is 5.80. The maximum absolute atomic E-state index is 12.1. The molecule has 0 saturated carbocycles. The zero-order valence-corrected chi connectivity index (χ0v) is 15.7. The van der Waals surface area contributed by atoms with Crippen LogP contribution in [0.25, 0.3) is 11.5 Å². The molecule has 4 rings (SSSR count). The van der Waals surface area contributed by atoms with Gasteiger partial charge in [0.1, 0.15) is 17.2 Å². The fraction of sp³-hybridized carbons (Fsp3) is 0.381. The van der Waals surface area contributed by atoms with Gasteiger partial charge < -0.3 is 9.40 Å². The standard InChI is InChI=1S/C21H24N4O2/c1-14-11-17(27-15(14)2)13-25-9-6-16(7-10-25)19-12-20(26)24-21(23-19)18-5-3-4-8-22-18/h3-5,8,11-12,16H,6-7,9-10,13H2,1-2H3,(H,23,24,26). The summed E-state index contributed by atoms with van der Waals surface area (Å²) in [6.07, 6.45) is 3.67. The maximum Gasteiger partial charge on any atom is 0.251 e. The van der Waals surface area contributed by atoms with Gasteiger partial charge in [0.15, 0.2) is 5.82 Å². The van der Waals surface area contributed by atoms with Gasteiger partial charge in [-0.05, 0) is 63.5 Å². The van der Waals surface area contributed by atoms with Crippen LogP contribution in [0, 0.1) is 13.8 Å². The Kier molecular flexibility index (Phi) is 4.90. The Morgan fingerprint density at radius 2 is 2.04 bits per heavy atom. The minimum Gasteiger partial charge on any atom is -0.465 e. The second kappa shape index (κ2) is 7.48. The van der Waals surface area contributed by atoms with E-state index in [-0.39, 0.29) is 5.56 Å². The molecule has 0 unspecified atom stereocenters. The fourth-order valence-corrected chi connectivity index (χ4v) is 3.64. The molecular formula is C21H24N4O2. The molecule has 6 heteroatoms. The Morgan fingerprint density at radius 3 is 2.70 bits per heavy atom. The van der Waals surface area contributed by atoms with Crippen LogP contribution in [0.1, 0.15) is 41.5 Å². The number of furan rings is 1. The number of piperidine rings is 1. The molecule has 6 nitrogen and oxygen atoms in total. The average Bonchev–Trinajstić information content (AvgIpc) is 2.99. The van der Waals surface area contributed by atoms with E-state index < -0.39 is 0 Å². The van der Waals surface area contributed by atoms with E-state index in [9.17, 15) is 4.79 Å². The molecule has 0 radical (unpaired) electrons. The molecule has 0 spiro atoms. The number of hydrogen-bond acceptors (Lipinski definition) is 5. The van der Waals surface area contributed by atoms with Crippen molar-refractivity contribution >= 4 is 0 Å². The molecule has 1 saturated heterocycles. The van der Waals surface area contributed by atoms with Crippen molar-refractivity contribution in [2.75, 3.05) is 13.1 Å².